The van der Waals surface area contributed by atoms with Crippen molar-refractivity contribution in [2.24, 2.45) is 0 Å². The Morgan fingerprint density at radius 2 is 1.97 bits per heavy atom. The van der Waals surface area contributed by atoms with E-state index in [2.05, 4.69) is 10.1 Å². The molecule has 7 nitrogen and oxygen atoms in total. The van der Waals surface area contributed by atoms with Crippen LogP contribution in [0.5, 0.6) is 11.5 Å². The molecule has 0 bridgehead atoms. The molecule has 2 heterocycles. The molecule has 1 saturated heterocycles. The summed E-state index contributed by atoms with van der Waals surface area (Å²) in [6.45, 7) is 4.45. The van der Waals surface area contributed by atoms with E-state index in [9.17, 15) is 4.79 Å². The van der Waals surface area contributed by atoms with Crippen LogP contribution >= 0.6 is 0 Å². The number of nitrogens with zero attached hydrogens (tertiary/aromatic N) is 3. The number of carbonyl (C=O) groups is 1. The molecule has 0 radical (unpaired) electrons. The summed E-state index contributed by atoms with van der Waals surface area (Å²) in [7, 11) is 1.60. The summed E-state index contributed by atoms with van der Waals surface area (Å²) in [5, 5.41) is 4.14. The number of ether oxygens (including phenoxy) is 2. The van der Waals surface area contributed by atoms with Gasteiger partial charge in [0, 0.05) is 18.5 Å². The molecule has 0 spiro atoms. The summed E-state index contributed by atoms with van der Waals surface area (Å²) >= 11 is 0. The highest BCUT2D eigenvalue weighted by atomic mass is 16.5. The summed E-state index contributed by atoms with van der Waals surface area (Å²) < 4.78 is 16.8. The summed E-state index contributed by atoms with van der Waals surface area (Å²) in [4.78, 5) is 18.9. The highest BCUT2D eigenvalue weighted by Crippen LogP contribution is 2.36. The SMILES string of the molecule is COc1cc(-c2noc(C3CCC(=O)N3Cc3ccccc3)n2)ccc1OC(C)C. The third-order valence-corrected chi connectivity index (χ3v) is 5.04. The maximum atomic E-state index is 12.5. The molecule has 0 saturated carbocycles. The molecule has 1 unspecified atom stereocenters. The zero-order valence-electron chi connectivity index (χ0n) is 17.4. The van der Waals surface area contributed by atoms with E-state index >= 15 is 0 Å². The molecule has 7 heteroatoms. The quantitative estimate of drug-likeness (QED) is 0.578. The average Bonchev–Trinajstić information content (AvgIpc) is 3.36. The molecule has 30 heavy (non-hydrogen) atoms. The Bertz CT molecular complexity index is 1020. The predicted octanol–water partition coefficient (Wildman–Crippen LogP) is 4.40. The van der Waals surface area contributed by atoms with Gasteiger partial charge in [-0.15, -0.1) is 0 Å². The third-order valence-electron chi connectivity index (χ3n) is 5.04. The van der Waals surface area contributed by atoms with E-state index < -0.39 is 0 Å². The van der Waals surface area contributed by atoms with E-state index in [0.717, 1.165) is 11.1 Å². The average molecular weight is 407 g/mol. The van der Waals surface area contributed by atoms with Crippen LogP contribution in [-0.2, 0) is 11.3 Å². The van der Waals surface area contributed by atoms with Gasteiger partial charge in [0.1, 0.15) is 6.04 Å². The molecular formula is C23H25N3O4. The first-order valence-corrected chi connectivity index (χ1v) is 10.1. The van der Waals surface area contributed by atoms with Gasteiger partial charge in [-0.2, -0.15) is 4.98 Å². The van der Waals surface area contributed by atoms with Crippen LogP contribution in [0.3, 0.4) is 0 Å². The molecule has 1 aliphatic heterocycles. The van der Waals surface area contributed by atoms with E-state index in [1.165, 1.54) is 0 Å². The number of amides is 1. The Hall–Kier alpha value is -3.35. The Labute approximate surface area is 175 Å². The summed E-state index contributed by atoms with van der Waals surface area (Å²) in [5.41, 5.74) is 1.83. The van der Waals surface area contributed by atoms with Gasteiger partial charge in [0.15, 0.2) is 11.5 Å². The third kappa shape index (κ3) is 4.15. The lowest BCUT2D eigenvalue weighted by Crippen LogP contribution is -2.27. The summed E-state index contributed by atoms with van der Waals surface area (Å²) in [6.07, 6.45) is 1.18. The second kappa shape index (κ2) is 8.57. The highest BCUT2D eigenvalue weighted by molar-refractivity contribution is 5.78. The van der Waals surface area contributed by atoms with Crippen LogP contribution in [0.15, 0.2) is 53.1 Å². The molecule has 0 N–H and O–H groups in total. The van der Waals surface area contributed by atoms with Crippen molar-refractivity contribution in [1.29, 1.82) is 0 Å². The molecular weight excluding hydrogens is 382 g/mol. The fraction of sp³-hybridized carbons (Fsp3) is 0.348. The molecule has 3 aromatic rings. The zero-order chi connectivity index (χ0) is 21.1. The minimum atomic E-state index is -0.218. The van der Waals surface area contributed by atoms with Crippen LogP contribution in [0.25, 0.3) is 11.4 Å². The van der Waals surface area contributed by atoms with Crippen molar-refractivity contribution in [3.8, 4) is 22.9 Å². The van der Waals surface area contributed by atoms with Gasteiger partial charge >= 0.3 is 0 Å². The largest absolute Gasteiger partial charge is 0.493 e. The molecule has 0 aliphatic carbocycles. The molecule has 156 valence electrons. The molecule has 1 aromatic heterocycles. The van der Waals surface area contributed by atoms with Crippen molar-refractivity contribution < 1.29 is 18.8 Å². The Balaban J connectivity index is 1.57. The fourth-order valence-corrected chi connectivity index (χ4v) is 3.61. The number of rotatable bonds is 7. The topological polar surface area (TPSA) is 77.7 Å². The minimum absolute atomic E-state index is 0.0389. The number of hydrogen-bond donors (Lipinski definition) is 0. The molecule has 1 aliphatic rings. The Kier molecular flexibility index (Phi) is 5.70. The first-order valence-electron chi connectivity index (χ1n) is 10.1. The molecule has 1 atom stereocenters. The molecule has 2 aromatic carbocycles. The lowest BCUT2D eigenvalue weighted by Gasteiger charge is -2.22. The van der Waals surface area contributed by atoms with E-state index in [-0.39, 0.29) is 18.1 Å². The number of aromatic nitrogens is 2. The lowest BCUT2D eigenvalue weighted by atomic mass is 10.1. The molecule has 4 rings (SSSR count). The monoisotopic (exact) mass is 407 g/mol. The maximum Gasteiger partial charge on any atom is 0.249 e. The van der Waals surface area contributed by atoms with Gasteiger partial charge in [-0.1, -0.05) is 35.5 Å². The predicted molar refractivity (Wildman–Crippen MR) is 111 cm³/mol. The van der Waals surface area contributed by atoms with Crippen molar-refractivity contribution in [3.05, 3.63) is 60.0 Å². The number of methoxy groups -OCH3 is 1. The molecule has 1 amide bonds. The smallest absolute Gasteiger partial charge is 0.249 e. The van der Waals surface area contributed by atoms with E-state index in [1.54, 1.807) is 7.11 Å². The van der Waals surface area contributed by atoms with Crippen molar-refractivity contribution in [1.82, 2.24) is 15.0 Å². The molecule has 1 fully saturated rings. The van der Waals surface area contributed by atoms with E-state index in [1.807, 2.05) is 67.3 Å². The van der Waals surface area contributed by atoms with Gasteiger partial charge in [-0.3, -0.25) is 4.79 Å². The Morgan fingerprint density at radius 3 is 2.70 bits per heavy atom. The van der Waals surface area contributed by atoms with E-state index in [4.69, 9.17) is 14.0 Å². The van der Waals surface area contributed by atoms with Crippen molar-refractivity contribution in [3.63, 3.8) is 0 Å². The van der Waals surface area contributed by atoms with Gasteiger partial charge in [-0.25, -0.2) is 0 Å². The van der Waals surface area contributed by atoms with Crippen LogP contribution in [0.4, 0.5) is 0 Å². The van der Waals surface area contributed by atoms with Crippen LogP contribution in [-0.4, -0.2) is 34.2 Å². The summed E-state index contributed by atoms with van der Waals surface area (Å²) in [6, 6.07) is 15.2. The van der Waals surface area contributed by atoms with Crippen molar-refractivity contribution in [2.75, 3.05) is 7.11 Å². The standard InChI is InChI=1S/C23H25N3O4/c1-15(2)29-19-11-9-17(13-20(19)28-3)22-24-23(30-25-22)18-10-12-21(27)26(18)14-16-7-5-4-6-8-16/h4-9,11,13,15,18H,10,12,14H2,1-3H3. The van der Waals surface area contributed by atoms with Crippen LogP contribution in [0.2, 0.25) is 0 Å². The number of hydrogen-bond acceptors (Lipinski definition) is 6. The first-order chi connectivity index (χ1) is 14.5. The maximum absolute atomic E-state index is 12.5. The van der Waals surface area contributed by atoms with Gasteiger partial charge in [0.25, 0.3) is 0 Å². The fourth-order valence-electron chi connectivity index (χ4n) is 3.61. The van der Waals surface area contributed by atoms with Gasteiger partial charge in [-0.05, 0) is 44.0 Å². The highest BCUT2D eigenvalue weighted by Gasteiger charge is 2.36. The second-order valence-electron chi connectivity index (χ2n) is 7.55. The summed E-state index contributed by atoms with van der Waals surface area (Å²) in [5.74, 6) is 2.27. The normalized spacial score (nSPS) is 16.3. The van der Waals surface area contributed by atoms with Crippen LogP contribution < -0.4 is 9.47 Å². The number of benzene rings is 2. The second-order valence-corrected chi connectivity index (χ2v) is 7.55. The van der Waals surface area contributed by atoms with Crippen LogP contribution in [0.1, 0.15) is 44.2 Å². The van der Waals surface area contributed by atoms with Crippen molar-refractivity contribution in [2.45, 2.75) is 45.4 Å². The Morgan fingerprint density at radius 1 is 1.17 bits per heavy atom. The van der Waals surface area contributed by atoms with Gasteiger partial charge in [0.05, 0.1) is 13.2 Å². The first kappa shape index (κ1) is 19.9. The van der Waals surface area contributed by atoms with E-state index in [0.29, 0.717) is 42.6 Å². The van der Waals surface area contributed by atoms with Gasteiger partial charge in [0.2, 0.25) is 17.6 Å². The number of likely N-dealkylation sites (tertiary alicyclic amines) is 1. The van der Waals surface area contributed by atoms with Crippen molar-refractivity contribution >= 4 is 5.91 Å². The van der Waals surface area contributed by atoms with Gasteiger partial charge < -0.3 is 18.9 Å². The lowest BCUT2D eigenvalue weighted by molar-refractivity contribution is -0.129. The number of carbonyl (C=O) groups excluding carboxylic acids is 1. The minimum Gasteiger partial charge on any atom is -0.493 e. The van der Waals surface area contributed by atoms with Crippen LogP contribution in [0, 0.1) is 0 Å². The zero-order valence-corrected chi connectivity index (χ0v) is 17.4.